The van der Waals surface area contributed by atoms with Crippen molar-refractivity contribution in [3.8, 4) is 0 Å². The quantitative estimate of drug-likeness (QED) is 0.179. The molecule has 132 valence electrons. The van der Waals surface area contributed by atoms with Gasteiger partial charge in [0, 0.05) is 0 Å². The Morgan fingerprint density at radius 1 is 0.364 bits per heavy atom. The second-order valence-corrected chi connectivity index (χ2v) is 6.38. The van der Waals surface area contributed by atoms with Crippen LogP contribution in [0.25, 0.3) is 0 Å². The molecule has 0 unspecified atom stereocenters. The predicted octanol–water partition coefficient (Wildman–Crippen LogP) is 7.72. The van der Waals surface area contributed by atoms with Crippen molar-refractivity contribution in [3.05, 3.63) is 12.2 Å². The first-order valence-corrected chi connectivity index (χ1v) is 9.68. The van der Waals surface area contributed by atoms with Crippen molar-refractivity contribution in [1.29, 1.82) is 0 Å². The molecule has 0 bridgehead atoms. The van der Waals surface area contributed by atoms with Gasteiger partial charge in [0.25, 0.3) is 0 Å². The first-order valence-electron chi connectivity index (χ1n) is 9.68. The van der Waals surface area contributed by atoms with Gasteiger partial charge in [0.05, 0.1) is 13.3 Å². The zero-order valence-corrected chi connectivity index (χ0v) is 14.6. The average Bonchev–Trinajstić information content (AvgIpc) is 2.54. The third-order valence-corrected chi connectivity index (χ3v) is 4.18. The molecule has 22 heavy (non-hydrogen) atoms. The third-order valence-electron chi connectivity index (χ3n) is 4.18. The van der Waals surface area contributed by atoms with Crippen molar-refractivity contribution in [2.75, 3.05) is 13.3 Å². The van der Waals surface area contributed by atoms with Crippen LogP contribution in [0.1, 0.15) is 103 Å². The summed E-state index contributed by atoms with van der Waals surface area (Å²) in [5.74, 6) is 0. The van der Waals surface area contributed by atoms with Gasteiger partial charge < -0.3 is 0 Å². The van der Waals surface area contributed by atoms with Crippen LogP contribution in [-0.2, 0) is 0 Å². The molecule has 0 spiro atoms. The number of allylic oxidation sites excluding steroid dienone is 2. The van der Waals surface area contributed by atoms with Crippen LogP contribution >= 0.6 is 0 Å². The molecule has 0 atom stereocenters. The second kappa shape index (κ2) is 20.6. The maximum Gasteiger partial charge on any atom is 0.0894 e. The van der Waals surface area contributed by atoms with E-state index in [1.54, 1.807) is 0 Å². The Morgan fingerprint density at radius 3 is 0.955 bits per heavy atom. The Bertz CT molecular complexity index is 192. The summed E-state index contributed by atoms with van der Waals surface area (Å²) < 4.78 is 23.8. The maximum absolute atomic E-state index is 11.9. The Morgan fingerprint density at radius 2 is 0.636 bits per heavy atom. The fraction of sp³-hybridized carbons (Fsp3) is 0.900. The number of unbranched alkanes of at least 4 members (excludes halogenated alkanes) is 14. The van der Waals surface area contributed by atoms with Crippen LogP contribution in [0, 0.1) is 0 Å². The van der Waals surface area contributed by atoms with Gasteiger partial charge >= 0.3 is 0 Å². The smallest absolute Gasteiger partial charge is 0.0894 e. The van der Waals surface area contributed by atoms with Crippen molar-refractivity contribution in [2.45, 2.75) is 103 Å². The molecule has 0 fully saturated rings. The topological polar surface area (TPSA) is 0 Å². The normalized spacial score (nSPS) is 11.5. The molecule has 0 aliphatic carbocycles. The van der Waals surface area contributed by atoms with Gasteiger partial charge in [-0.15, -0.1) is 0 Å². The Balaban J connectivity index is 3.03. The first kappa shape index (κ1) is 21.6. The highest BCUT2D eigenvalue weighted by Crippen LogP contribution is 2.11. The van der Waals surface area contributed by atoms with E-state index in [9.17, 15) is 8.78 Å². The van der Waals surface area contributed by atoms with Gasteiger partial charge in [-0.1, -0.05) is 76.4 Å². The van der Waals surface area contributed by atoms with Gasteiger partial charge in [0.2, 0.25) is 0 Å². The summed E-state index contributed by atoms with van der Waals surface area (Å²) in [6, 6.07) is 0. The highest BCUT2D eigenvalue weighted by atomic mass is 19.1. The van der Waals surface area contributed by atoms with Gasteiger partial charge in [0.15, 0.2) is 0 Å². The first-order chi connectivity index (χ1) is 10.9. The number of halogens is 2. The number of alkyl halides is 2. The van der Waals surface area contributed by atoms with Crippen molar-refractivity contribution in [3.63, 3.8) is 0 Å². The van der Waals surface area contributed by atoms with E-state index in [4.69, 9.17) is 0 Å². The Labute approximate surface area is 137 Å². The number of hydrogen-bond donors (Lipinski definition) is 0. The van der Waals surface area contributed by atoms with Crippen LogP contribution in [-0.4, -0.2) is 13.3 Å². The molecule has 0 saturated carbocycles. The van der Waals surface area contributed by atoms with Gasteiger partial charge in [-0.2, -0.15) is 0 Å². The number of hydrogen-bond acceptors (Lipinski definition) is 0. The van der Waals surface area contributed by atoms with Crippen molar-refractivity contribution in [2.24, 2.45) is 0 Å². The van der Waals surface area contributed by atoms with Crippen LogP contribution in [0.2, 0.25) is 0 Å². The van der Waals surface area contributed by atoms with Gasteiger partial charge in [-0.3, -0.25) is 8.78 Å². The largest absolute Gasteiger partial charge is 0.251 e. The van der Waals surface area contributed by atoms with E-state index >= 15 is 0 Å². The van der Waals surface area contributed by atoms with E-state index < -0.39 is 0 Å². The minimum absolute atomic E-state index is 0.149. The molecule has 0 aromatic carbocycles. The van der Waals surface area contributed by atoms with Crippen LogP contribution in [0.15, 0.2) is 12.2 Å². The zero-order valence-electron chi connectivity index (χ0n) is 14.6. The molecule has 0 rings (SSSR count). The highest BCUT2D eigenvalue weighted by Gasteiger charge is 1.92. The summed E-state index contributed by atoms with van der Waals surface area (Å²) in [4.78, 5) is 0. The lowest BCUT2D eigenvalue weighted by molar-refractivity contribution is 0.449. The van der Waals surface area contributed by atoms with Crippen molar-refractivity contribution < 1.29 is 8.78 Å². The minimum atomic E-state index is -0.149. The van der Waals surface area contributed by atoms with E-state index in [2.05, 4.69) is 12.2 Å². The Kier molecular flexibility index (Phi) is 20.2. The third kappa shape index (κ3) is 19.6. The summed E-state index contributed by atoms with van der Waals surface area (Å²) in [6.07, 6.45) is 23.5. The van der Waals surface area contributed by atoms with Gasteiger partial charge in [-0.05, 0) is 38.5 Å². The predicted molar refractivity (Wildman–Crippen MR) is 95.0 cm³/mol. The molecular weight excluding hydrogens is 278 g/mol. The van der Waals surface area contributed by atoms with Crippen LogP contribution in [0.4, 0.5) is 8.78 Å². The Hall–Kier alpha value is -0.400. The zero-order chi connectivity index (χ0) is 16.1. The molecule has 0 aromatic heterocycles. The molecule has 0 saturated heterocycles. The van der Waals surface area contributed by atoms with Gasteiger partial charge in [-0.25, -0.2) is 0 Å². The van der Waals surface area contributed by atoms with E-state index in [-0.39, 0.29) is 13.3 Å². The molecule has 0 radical (unpaired) electrons. The molecule has 0 N–H and O–H groups in total. The lowest BCUT2D eigenvalue weighted by Gasteiger charge is -2.00. The van der Waals surface area contributed by atoms with E-state index in [1.165, 1.54) is 77.0 Å². The molecule has 0 aliphatic heterocycles. The lowest BCUT2D eigenvalue weighted by atomic mass is 10.1. The summed E-state index contributed by atoms with van der Waals surface area (Å²) in [7, 11) is 0. The van der Waals surface area contributed by atoms with Crippen LogP contribution in [0.5, 0.6) is 0 Å². The highest BCUT2D eigenvalue weighted by molar-refractivity contribution is 4.81. The van der Waals surface area contributed by atoms with Crippen molar-refractivity contribution in [1.82, 2.24) is 0 Å². The molecule has 0 aliphatic rings. The average molecular weight is 317 g/mol. The molecule has 0 aromatic rings. The molecule has 0 nitrogen and oxygen atoms in total. The molecule has 2 heteroatoms. The summed E-state index contributed by atoms with van der Waals surface area (Å²) >= 11 is 0. The fourth-order valence-corrected chi connectivity index (χ4v) is 2.72. The summed E-state index contributed by atoms with van der Waals surface area (Å²) in [5.41, 5.74) is 0. The van der Waals surface area contributed by atoms with Gasteiger partial charge in [0.1, 0.15) is 0 Å². The standard InChI is InChI=1S/C20H38F2/c21-19-17-15-13-11-9-7-5-3-1-2-4-6-8-10-12-14-16-18-20-22/h1-2H,3-20H2. The summed E-state index contributed by atoms with van der Waals surface area (Å²) in [6.45, 7) is -0.298. The van der Waals surface area contributed by atoms with E-state index in [1.807, 2.05) is 0 Å². The fourth-order valence-electron chi connectivity index (χ4n) is 2.72. The monoisotopic (exact) mass is 316 g/mol. The molecule has 0 amide bonds. The maximum atomic E-state index is 11.9. The minimum Gasteiger partial charge on any atom is -0.251 e. The number of rotatable bonds is 18. The lowest BCUT2D eigenvalue weighted by Crippen LogP contribution is -1.82. The van der Waals surface area contributed by atoms with E-state index in [0.29, 0.717) is 0 Å². The van der Waals surface area contributed by atoms with Crippen LogP contribution < -0.4 is 0 Å². The van der Waals surface area contributed by atoms with Crippen LogP contribution in [0.3, 0.4) is 0 Å². The molecule has 0 heterocycles. The van der Waals surface area contributed by atoms with E-state index in [0.717, 1.165) is 25.7 Å². The molecular formula is C20H38F2. The second-order valence-electron chi connectivity index (χ2n) is 6.38. The summed E-state index contributed by atoms with van der Waals surface area (Å²) in [5, 5.41) is 0. The van der Waals surface area contributed by atoms with Crippen molar-refractivity contribution >= 4 is 0 Å². The SMILES string of the molecule is FCCCCCCCCCC=CCCCCCCCCCF.